The molecular formula is C52H82F6N6O12S. The van der Waals surface area contributed by atoms with Crippen LogP contribution < -0.4 is 21.3 Å². The van der Waals surface area contributed by atoms with Crippen LogP contribution in [0, 0.1) is 5.92 Å². The zero-order valence-corrected chi connectivity index (χ0v) is 46.6. The van der Waals surface area contributed by atoms with Crippen molar-refractivity contribution >= 4 is 35.2 Å². The van der Waals surface area contributed by atoms with E-state index in [9.17, 15) is 56.4 Å². The van der Waals surface area contributed by atoms with Crippen molar-refractivity contribution < 1.29 is 84.8 Å². The van der Waals surface area contributed by atoms with Crippen molar-refractivity contribution in [3.8, 4) is 0 Å². The molecule has 18 nitrogen and oxygen atoms in total. The summed E-state index contributed by atoms with van der Waals surface area (Å²) in [7, 11) is 0. The number of aliphatic hydroxyl groups excluding tert-OH is 4. The lowest BCUT2D eigenvalue weighted by Gasteiger charge is -2.39. The smallest absolute Gasteiger partial charge is 0.388 e. The standard InChI is InChI=1S/C52H82F6N6O12S/c1-31(2)30-77-38(46(70)62-22-16-48(5,6)74-24-18-50(9,10)76-29-37-43(69)41(67)35(27-72-37)64-45-33(52(56,57)58)14-12-20-61-45)25-39(65)59-21-15-47(3,4)73-23-17-49(7,8)75-28-36-42(68)40(66)34(26-71-36)63-44-32(51(53,54)55)13-11-19-60-44/h11-14,19-20,31,34-38,40-43,66-69H,15-18,21-30H2,1-10H3,(H,59,65)(H,60,63)(H,61,64)(H,62,70)/t34-,35-,36-,37-,38?,40-,41-,42+,43+/m1/s1. The molecule has 4 rings (SSSR count). The third-order valence-electron chi connectivity index (χ3n) is 13.2. The molecule has 0 saturated carbocycles. The number of nitrogens with zero attached hydrogens (tertiary/aromatic N) is 2. The van der Waals surface area contributed by atoms with Gasteiger partial charge in [0.15, 0.2) is 0 Å². The predicted molar refractivity (Wildman–Crippen MR) is 277 cm³/mol. The summed E-state index contributed by atoms with van der Waals surface area (Å²) in [6.07, 6.45) is -13.0. The number of thioether (sulfide) groups is 1. The van der Waals surface area contributed by atoms with Crippen molar-refractivity contribution in [2.45, 2.75) is 190 Å². The van der Waals surface area contributed by atoms with Crippen LogP contribution in [0.2, 0.25) is 0 Å². The highest BCUT2D eigenvalue weighted by Crippen LogP contribution is 2.36. The van der Waals surface area contributed by atoms with Crippen molar-refractivity contribution in [3.05, 3.63) is 47.8 Å². The Labute approximate surface area is 452 Å². The number of ether oxygens (including phenoxy) is 6. The van der Waals surface area contributed by atoms with Gasteiger partial charge >= 0.3 is 12.4 Å². The number of amides is 2. The number of rotatable bonds is 30. The molecule has 0 aliphatic carbocycles. The molecule has 2 aliphatic heterocycles. The van der Waals surface area contributed by atoms with E-state index < -0.39 is 111 Å². The van der Waals surface area contributed by atoms with Gasteiger partial charge in [0.05, 0.1) is 90.5 Å². The van der Waals surface area contributed by atoms with Crippen LogP contribution in [0.5, 0.6) is 0 Å². The van der Waals surface area contributed by atoms with Crippen LogP contribution in [0.15, 0.2) is 36.7 Å². The molecule has 0 spiro atoms. The highest BCUT2D eigenvalue weighted by atomic mass is 32.2. The van der Waals surface area contributed by atoms with E-state index in [1.54, 1.807) is 0 Å². The highest BCUT2D eigenvalue weighted by Gasteiger charge is 2.43. The number of hydrogen-bond acceptors (Lipinski definition) is 17. The SMILES string of the molecule is CC(C)CSC(CC(=O)NCCC(C)(C)OCCC(C)(C)OC[C@H]1OC[C@@H](Nc2ncccc2C(F)(F)F)[C@@H](O)[C@H]1O)C(=O)NCCC(C)(C)OCCC(C)(C)OC[C@H]1OC[C@@H](Nc2ncccc2C(F)(F)F)[C@@H](O)[C@H]1O. The molecule has 77 heavy (non-hydrogen) atoms. The van der Waals surface area contributed by atoms with E-state index in [1.165, 1.54) is 24.2 Å². The summed E-state index contributed by atoms with van der Waals surface area (Å²) in [5.74, 6) is -0.576. The Hall–Kier alpha value is -3.63. The Kier molecular flexibility index (Phi) is 24.5. The molecule has 2 amide bonds. The topological polar surface area (TPSA) is 244 Å². The van der Waals surface area contributed by atoms with Crippen LogP contribution in [0.1, 0.15) is 112 Å². The number of halogens is 6. The maximum absolute atomic E-state index is 13.5. The fourth-order valence-corrected chi connectivity index (χ4v) is 9.21. The van der Waals surface area contributed by atoms with Gasteiger partial charge in [-0.2, -0.15) is 26.3 Å². The number of carbonyl (C=O) groups is 2. The molecule has 0 bridgehead atoms. The van der Waals surface area contributed by atoms with Crippen molar-refractivity contribution in [1.82, 2.24) is 20.6 Å². The van der Waals surface area contributed by atoms with E-state index in [2.05, 4.69) is 31.2 Å². The van der Waals surface area contributed by atoms with Crippen LogP contribution >= 0.6 is 11.8 Å². The lowest BCUT2D eigenvalue weighted by molar-refractivity contribution is -0.178. The molecule has 0 aromatic carbocycles. The molecule has 2 aromatic rings. The summed E-state index contributed by atoms with van der Waals surface area (Å²) in [6, 6.07) is 1.92. The Morgan fingerprint density at radius 2 is 1.04 bits per heavy atom. The van der Waals surface area contributed by atoms with Gasteiger partial charge in [-0.15, -0.1) is 11.8 Å². The minimum absolute atomic E-state index is 0.0326. The van der Waals surface area contributed by atoms with Crippen molar-refractivity contribution in [1.29, 1.82) is 0 Å². The fourth-order valence-electron chi connectivity index (χ4n) is 8.09. The number of anilines is 2. The van der Waals surface area contributed by atoms with Crippen LogP contribution in [-0.2, 0) is 50.4 Å². The van der Waals surface area contributed by atoms with Gasteiger partial charge in [-0.3, -0.25) is 9.59 Å². The lowest BCUT2D eigenvalue weighted by Crippen LogP contribution is -2.57. The van der Waals surface area contributed by atoms with Crippen molar-refractivity contribution in [3.63, 3.8) is 0 Å². The summed E-state index contributed by atoms with van der Waals surface area (Å²) in [4.78, 5) is 34.2. The quantitative estimate of drug-likeness (QED) is 0.0410. The number of aliphatic hydroxyl groups is 4. The number of nitrogens with one attached hydrogen (secondary N) is 4. The molecule has 9 atom stereocenters. The third kappa shape index (κ3) is 22.1. The number of aromatic nitrogens is 2. The molecule has 4 heterocycles. The van der Waals surface area contributed by atoms with Gasteiger partial charge < -0.3 is 70.1 Å². The van der Waals surface area contributed by atoms with Crippen LogP contribution in [0.3, 0.4) is 0 Å². The maximum atomic E-state index is 13.5. The Bertz CT molecular complexity index is 2140. The van der Waals surface area contributed by atoms with Crippen LogP contribution in [0.4, 0.5) is 38.0 Å². The summed E-state index contributed by atoms with van der Waals surface area (Å²) in [6.45, 7) is 19.4. The molecule has 2 saturated heterocycles. The second kappa shape index (κ2) is 28.7. The molecule has 8 N–H and O–H groups in total. The van der Waals surface area contributed by atoms with Gasteiger partial charge in [0, 0.05) is 31.9 Å². The number of alkyl halides is 6. The number of carbonyl (C=O) groups excluding carboxylic acids is 2. The highest BCUT2D eigenvalue weighted by molar-refractivity contribution is 8.00. The molecule has 2 aliphatic rings. The number of hydrogen-bond donors (Lipinski definition) is 8. The van der Waals surface area contributed by atoms with E-state index in [4.69, 9.17) is 28.4 Å². The van der Waals surface area contributed by atoms with Crippen LogP contribution in [-0.4, -0.2) is 177 Å². The average molecular weight is 1130 g/mol. The van der Waals surface area contributed by atoms with E-state index >= 15 is 0 Å². The maximum Gasteiger partial charge on any atom is 0.419 e. The van der Waals surface area contributed by atoms with Crippen molar-refractivity contribution in [2.24, 2.45) is 5.92 Å². The lowest BCUT2D eigenvalue weighted by atomic mass is 9.97. The van der Waals surface area contributed by atoms with Gasteiger partial charge in [-0.05, 0) is 117 Å². The first-order valence-corrected chi connectivity index (χ1v) is 27.0. The summed E-state index contributed by atoms with van der Waals surface area (Å²) in [5, 5.41) is 53.5. The summed E-state index contributed by atoms with van der Waals surface area (Å²) in [5.41, 5.74) is -4.85. The fraction of sp³-hybridized carbons (Fsp3) is 0.769. The second-order valence-corrected chi connectivity index (χ2v) is 23.7. The Morgan fingerprint density at radius 1 is 0.636 bits per heavy atom. The molecule has 2 aromatic heterocycles. The minimum Gasteiger partial charge on any atom is -0.388 e. The molecule has 1 unspecified atom stereocenters. The molecule has 440 valence electrons. The largest absolute Gasteiger partial charge is 0.419 e. The van der Waals surface area contributed by atoms with E-state index in [0.29, 0.717) is 31.4 Å². The minimum atomic E-state index is -4.68. The van der Waals surface area contributed by atoms with Gasteiger partial charge in [-0.1, -0.05) is 13.8 Å². The first-order chi connectivity index (χ1) is 35.7. The van der Waals surface area contributed by atoms with Gasteiger partial charge in [0.1, 0.15) is 48.3 Å². The van der Waals surface area contributed by atoms with Crippen molar-refractivity contribution in [2.75, 3.05) is 69.1 Å². The predicted octanol–water partition coefficient (Wildman–Crippen LogP) is 6.14. The normalized spacial score (nSPS) is 23.4. The zero-order valence-electron chi connectivity index (χ0n) is 45.8. The molecular weight excluding hydrogens is 1050 g/mol. The zero-order chi connectivity index (χ0) is 57.6. The van der Waals surface area contributed by atoms with Gasteiger partial charge in [0.2, 0.25) is 11.8 Å². The number of pyridine rings is 2. The second-order valence-electron chi connectivity index (χ2n) is 22.4. The first-order valence-electron chi connectivity index (χ1n) is 25.9. The molecule has 2 fully saturated rings. The molecule has 25 heteroatoms. The average Bonchev–Trinajstić information content (AvgIpc) is 3.32. The van der Waals surface area contributed by atoms with E-state index in [0.717, 1.165) is 24.3 Å². The summed E-state index contributed by atoms with van der Waals surface area (Å²) < 4.78 is 117. The van der Waals surface area contributed by atoms with Gasteiger partial charge in [0.25, 0.3) is 0 Å². The molecule has 0 radical (unpaired) electrons. The van der Waals surface area contributed by atoms with Crippen LogP contribution in [0.25, 0.3) is 0 Å². The van der Waals surface area contributed by atoms with Gasteiger partial charge in [-0.25, -0.2) is 9.97 Å². The Morgan fingerprint density at radius 3 is 1.44 bits per heavy atom. The van der Waals surface area contributed by atoms with E-state index in [-0.39, 0.29) is 76.9 Å². The van der Waals surface area contributed by atoms with E-state index in [1.807, 2.05) is 69.2 Å². The first kappa shape index (κ1) is 65.9. The Balaban J connectivity index is 1.12. The monoisotopic (exact) mass is 1130 g/mol. The summed E-state index contributed by atoms with van der Waals surface area (Å²) >= 11 is 1.41. The third-order valence-corrected chi connectivity index (χ3v) is 14.8.